The highest BCUT2D eigenvalue weighted by Crippen LogP contribution is 2.41. The Hall–Kier alpha value is -2.47. The van der Waals surface area contributed by atoms with Gasteiger partial charge in [-0.3, -0.25) is 0 Å². The van der Waals surface area contributed by atoms with Gasteiger partial charge in [0.15, 0.2) is 11.4 Å². The van der Waals surface area contributed by atoms with Crippen LogP contribution in [-0.4, -0.2) is 26.8 Å². The number of rotatable bonds is 7. The van der Waals surface area contributed by atoms with Gasteiger partial charge in [-0.2, -0.15) is 0 Å². The van der Waals surface area contributed by atoms with Crippen molar-refractivity contribution in [1.82, 2.24) is 4.48 Å². The molecule has 2 aliphatic heterocycles. The number of hydrogen-bond donors (Lipinski definition) is 1. The van der Waals surface area contributed by atoms with Gasteiger partial charge in [-0.05, 0) is 61.7 Å². The number of unbranched alkanes of at least 4 members (excludes halogenated alkanes) is 3. The third-order valence-corrected chi connectivity index (χ3v) is 6.27. The lowest BCUT2D eigenvalue weighted by molar-refractivity contribution is -0.361. The fourth-order valence-electron chi connectivity index (χ4n) is 4.86. The molecular formula is C24H29BF2N2O. The highest BCUT2D eigenvalue weighted by Gasteiger charge is 2.54. The average Bonchev–Trinajstić information content (AvgIpc) is 3.30. The Morgan fingerprint density at radius 3 is 2.43 bits per heavy atom. The van der Waals surface area contributed by atoms with Crippen molar-refractivity contribution >= 4 is 18.3 Å². The Morgan fingerprint density at radius 2 is 1.77 bits per heavy atom. The third kappa shape index (κ3) is 3.27. The standard InChI is InChI=1S/C24H29BF2N2O/c1-4-5-6-7-8-21-23-14-13-22(20-11-9-19(16-30)10-12-20)29(23)25(26,27)28-18(3)15-17(2)24(21)28/h9-15,30H,4-8,16H2,1-3H3. The molecule has 0 spiro atoms. The minimum Gasteiger partial charge on any atom is -0.394 e. The molecule has 158 valence electrons. The van der Waals surface area contributed by atoms with Crippen molar-refractivity contribution in [3.8, 4) is 0 Å². The summed E-state index contributed by atoms with van der Waals surface area (Å²) in [5.74, 6) is 0. The van der Waals surface area contributed by atoms with Gasteiger partial charge in [0, 0.05) is 29.0 Å². The number of aliphatic hydroxyl groups excluding tert-OH is 1. The first kappa shape index (κ1) is 20.8. The minimum absolute atomic E-state index is 0.0620. The van der Waals surface area contributed by atoms with Crippen LogP contribution in [0.4, 0.5) is 8.63 Å². The first-order chi connectivity index (χ1) is 14.4. The number of benzene rings is 1. The van der Waals surface area contributed by atoms with Crippen LogP contribution >= 0.6 is 0 Å². The summed E-state index contributed by atoms with van der Waals surface area (Å²) < 4.78 is 34.4. The monoisotopic (exact) mass is 410 g/mol. The van der Waals surface area contributed by atoms with Gasteiger partial charge in [0.1, 0.15) is 0 Å². The smallest absolute Gasteiger partial charge is 0.394 e. The van der Waals surface area contributed by atoms with Crippen molar-refractivity contribution in [1.29, 1.82) is 0 Å². The number of halogens is 2. The van der Waals surface area contributed by atoms with Crippen molar-refractivity contribution in [3.63, 3.8) is 0 Å². The molecule has 0 amide bonds. The summed E-state index contributed by atoms with van der Waals surface area (Å²) in [5, 5.41) is 9.30. The molecule has 2 aromatic rings. The second kappa shape index (κ2) is 7.99. The van der Waals surface area contributed by atoms with E-state index in [0.717, 1.165) is 54.4 Å². The lowest BCUT2D eigenvalue weighted by Crippen LogP contribution is -2.51. The molecule has 0 atom stereocenters. The Morgan fingerprint density at radius 1 is 1.03 bits per heavy atom. The topological polar surface area (TPSA) is 28.2 Å². The molecule has 0 saturated carbocycles. The summed E-state index contributed by atoms with van der Waals surface area (Å²) >= 11 is 0. The van der Waals surface area contributed by atoms with Crippen molar-refractivity contribution in [3.05, 3.63) is 76.3 Å². The number of allylic oxidation sites excluding steroid dienone is 3. The van der Waals surface area contributed by atoms with Crippen LogP contribution in [0, 0.1) is 13.8 Å². The van der Waals surface area contributed by atoms with Crippen molar-refractivity contribution in [2.24, 2.45) is 0 Å². The summed E-state index contributed by atoms with van der Waals surface area (Å²) in [6.45, 7) is 1.82. The van der Waals surface area contributed by atoms with Crippen LogP contribution in [-0.2, 0) is 6.61 Å². The van der Waals surface area contributed by atoms with Gasteiger partial charge in [-0.25, -0.2) is 0 Å². The van der Waals surface area contributed by atoms with Gasteiger partial charge < -0.3 is 22.7 Å². The maximum absolute atomic E-state index is 15.9. The molecule has 4 rings (SSSR count). The fourth-order valence-corrected chi connectivity index (χ4v) is 4.86. The van der Waals surface area contributed by atoms with E-state index in [9.17, 15) is 5.11 Å². The van der Waals surface area contributed by atoms with Crippen LogP contribution < -0.4 is 0 Å². The second-order valence-corrected chi connectivity index (χ2v) is 8.39. The maximum Gasteiger partial charge on any atom is 0.737 e. The van der Waals surface area contributed by atoms with E-state index >= 15 is 8.63 Å². The quantitative estimate of drug-likeness (QED) is 0.468. The molecule has 1 aromatic heterocycles. The molecule has 0 aliphatic carbocycles. The van der Waals surface area contributed by atoms with Crippen LogP contribution in [0.15, 0.2) is 48.2 Å². The van der Waals surface area contributed by atoms with E-state index < -0.39 is 6.97 Å². The number of aryl methyl sites for hydroxylation is 2. The molecular weight excluding hydrogens is 381 g/mol. The molecule has 0 unspecified atom stereocenters. The first-order valence-electron chi connectivity index (χ1n) is 10.9. The van der Waals surface area contributed by atoms with Crippen molar-refractivity contribution in [2.45, 2.75) is 59.5 Å². The molecule has 3 nitrogen and oxygen atoms in total. The summed E-state index contributed by atoms with van der Waals surface area (Å²) in [6.07, 6.45) is 8.87. The van der Waals surface area contributed by atoms with Gasteiger partial charge in [-0.15, -0.1) is 0 Å². The largest absolute Gasteiger partial charge is 0.737 e. The van der Waals surface area contributed by atoms with E-state index in [2.05, 4.69) is 6.92 Å². The Labute approximate surface area is 177 Å². The van der Waals surface area contributed by atoms with Crippen LogP contribution in [0.3, 0.4) is 0 Å². The summed E-state index contributed by atoms with van der Waals surface area (Å²) in [6, 6.07) is 9.07. The van der Waals surface area contributed by atoms with Gasteiger partial charge in [-0.1, -0.05) is 38.3 Å². The minimum atomic E-state index is -4.00. The third-order valence-electron chi connectivity index (χ3n) is 6.27. The molecule has 3 heterocycles. The molecule has 6 heteroatoms. The maximum atomic E-state index is 15.9. The number of aromatic nitrogens is 1. The number of fused-ring (bicyclic) bond motifs is 2. The van der Waals surface area contributed by atoms with E-state index in [1.165, 1.54) is 8.96 Å². The first-order valence-corrected chi connectivity index (χ1v) is 10.9. The van der Waals surface area contributed by atoms with Crippen LogP contribution in [0.5, 0.6) is 0 Å². The molecule has 2 aliphatic rings. The van der Waals surface area contributed by atoms with E-state index in [0.29, 0.717) is 22.8 Å². The van der Waals surface area contributed by atoms with Crippen molar-refractivity contribution in [2.75, 3.05) is 0 Å². The molecule has 0 radical (unpaired) electrons. The lowest BCUT2D eigenvalue weighted by atomic mass is 9.85. The van der Waals surface area contributed by atoms with Crippen LogP contribution in [0.1, 0.15) is 67.1 Å². The molecule has 1 N–H and O–H groups in total. The van der Waals surface area contributed by atoms with E-state index in [4.69, 9.17) is 0 Å². The Kier molecular flexibility index (Phi) is 5.54. The van der Waals surface area contributed by atoms with Crippen molar-refractivity contribution < 1.29 is 18.2 Å². The van der Waals surface area contributed by atoms with E-state index in [-0.39, 0.29) is 6.61 Å². The molecule has 0 saturated heterocycles. The highest BCUT2D eigenvalue weighted by atomic mass is 19.2. The molecule has 30 heavy (non-hydrogen) atoms. The normalized spacial score (nSPS) is 17.0. The average molecular weight is 410 g/mol. The van der Waals surface area contributed by atoms with E-state index in [1.807, 2.05) is 37.3 Å². The molecule has 0 bridgehead atoms. The predicted octanol–water partition coefficient (Wildman–Crippen LogP) is 5.59. The highest BCUT2D eigenvalue weighted by molar-refractivity contribution is 6.58. The molecule has 1 aromatic carbocycles. The van der Waals surface area contributed by atoms with Gasteiger partial charge in [0.2, 0.25) is 0 Å². The zero-order chi connectivity index (χ0) is 21.5. The van der Waals surface area contributed by atoms with Gasteiger partial charge in [0.25, 0.3) is 0 Å². The Bertz CT molecular complexity index is 1060. The number of hydrogen-bond acceptors (Lipinski definition) is 1. The predicted molar refractivity (Wildman–Crippen MR) is 119 cm³/mol. The Balaban J connectivity index is 1.89. The van der Waals surface area contributed by atoms with Crippen LogP contribution in [0.25, 0.3) is 5.57 Å². The van der Waals surface area contributed by atoms with Crippen LogP contribution in [0.2, 0.25) is 0 Å². The second-order valence-electron chi connectivity index (χ2n) is 8.39. The lowest BCUT2D eigenvalue weighted by Gasteiger charge is -2.33. The molecule has 0 fully saturated rings. The number of aliphatic hydroxyl groups is 1. The SMILES string of the molecule is CCCCCCC1=C2C=CC(c3ccc(CO)cc3)=[N+]2[B-](F)(F)n2c(C)cc(C)c21. The fraction of sp³-hybridized carbons (Fsp3) is 0.375. The van der Waals surface area contributed by atoms with Gasteiger partial charge in [0.05, 0.1) is 6.61 Å². The zero-order valence-corrected chi connectivity index (χ0v) is 18.0. The summed E-state index contributed by atoms with van der Waals surface area (Å²) in [5.41, 5.74) is 5.87. The number of nitrogens with zero attached hydrogens (tertiary/aromatic N) is 2. The summed E-state index contributed by atoms with van der Waals surface area (Å²) in [7, 11) is 0. The zero-order valence-electron chi connectivity index (χ0n) is 18.0. The summed E-state index contributed by atoms with van der Waals surface area (Å²) in [4.78, 5) is 0. The van der Waals surface area contributed by atoms with Gasteiger partial charge >= 0.3 is 6.97 Å². The van der Waals surface area contributed by atoms with E-state index in [1.54, 1.807) is 19.1 Å².